The Kier molecular flexibility index (Phi) is 3.85. The SMILES string of the molecule is CO[C@]1(C)CC[C@H](C(C)C)C2=C1CC[C@@](C)(O)[C@@H]2O. The average Bonchev–Trinajstić information content (AvgIpc) is 2.34. The molecule has 2 aliphatic rings. The molecule has 0 amide bonds. The van der Waals surface area contributed by atoms with E-state index in [0.717, 1.165) is 24.8 Å². The van der Waals surface area contributed by atoms with Gasteiger partial charge in [0.05, 0.1) is 11.2 Å². The second-order valence-electron chi connectivity index (χ2n) is 7.02. The van der Waals surface area contributed by atoms with Gasteiger partial charge in [0.2, 0.25) is 0 Å². The van der Waals surface area contributed by atoms with E-state index in [1.54, 1.807) is 14.0 Å². The molecule has 0 aromatic carbocycles. The van der Waals surface area contributed by atoms with Crippen molar-refractivity contribution in [1.82, 2.24) is 0 Å². The fourth-order valence-corrected chi connectivity index (χ4v) is 3.81. The predicted octanol–water partition coefficient (Wildman–Crippen LogP) is 2.66. The van der Waals surface area contributed by atoms with E-state index >= 15 is 0 Å². The first-order valence-electron chi connectivity index (χ1n) is 7.42. The van der Waals surface area contributed by atoms with Crippen molar-refractivity contribution in [3.63, 3.8) is 0 Å². The number of hydrogen-bond donors (Lipinski definition) is 2. The normalized spacial score (nSPS) is 43.6. The minimum Gasteiger partial charge on any atom is -0.387 e. The van der Waals surface area contributed by atoms with Gasteiger partial charge in [-0.25, -0.2) is 0 Å². The number of aliphatic hydroxyl groups excluding tert-OH is 1. The van der Waals surface area contributed by atoms with Gasteiger partial charge in [-0.15, -0.1) is 0 Å². The van der Waals surface area contributed by atoms with Crippen LogP contribution in [0.2, 0.25) is 0 Å². The minimum absolute atomic E-state index is 0.266. The molecule has 4 atom stereocenters. The molecule has 0 heterocycles. The van der Waals surface area contributed by atoms with Gasteiger partial charge >= 0.3 is 0 Å². The van der Waals surface area contributed by atoms with E-state index < -0.39 is 11.7 Å². The molecule has 0 spiro atoms. The third-order valence-electron chi connectivity index (χ3n) is 5.34. The maximum Gasteiger partial charge on any atom is 0.104 e. The van der Waals surface area contributed by atoms with Crippen molar-refractivity contribution < 1.29 is 14.9 Å². The van der Waals surface area contributed by atoms with Crippen molar-refractivity contribution in [2.24, 2.45) is 11.8 Å². The molecule has 0 fully saturated rings. The molecule has 2 N–H and O–H groups in total. The molecule has 3 nitrogen and oxygen atoms in total. The van der Waals surface area contributed by atoms with Crippen molar-refractivity contribution >= 4 is 0 Å². The number of aliphatic hydroxyl groups is 2. The lowest BCUT2D eigenvalue weighted by molar-refractivity contribution is -0.0761. The highest BCUT2D eigenvalue weighted by Crippen LogP contribution is 2.50. The van der Waals surface area contributed by atoms with Crippen molar-refractivity contribution in [3.05, 3.63) is 11.1 Å². The fraction of sp³-hybridized carbons (Fsp3) is 0.875. The van der Waals surface area contributed by atoms with Gasteiger partial charge in [-0.05, 0) is 62.5 Å². The molecule has 3 heteroatoms. The zero-order valence-electron chi connectivity index (χ0n) is 12.9. The molecule has 0 aromatic rings. The monoisotopic (exact) mass is 268 g/mol. The van der Waals surface area contributed by atoms with Gasteiger partial charge in [0.25, 0.3) is 0 Å². The molecule has 0 saturated heterocycles. The summed E-state index contributed by atoms with van der Waals surface area (Å²) in [6, 6.07) is 0. The summed E-state index contributed by atoms with van der Waals surface area (Å²) in [7, 11) is 1.75. The predicted molar refractivity (Wildman–Crippen MR) is 75.9 cm³/mol. The lowest BCUT2D eigenvalue weighted by Crippen LogP contribution is -2.51. The topological polar surface area (TPSA) is 49.7 Å². The Labute approximate surface area is 116 Å². The van der Waals surface area contributed by atoms with Crippen LogP contribution in [0.25, 0.3) is 0 Å². The summed E-state index contributed by atoms with van der Waals surface area (Å²) in [5.41, 5.74) is 1.02. The van der Waals surface area contributed by atoms with Crippen molar-refractivity contribution in [2.75, 3.05) is 7.11 Å². The molecular formula is C16H28O3. The second kappa shape index (κ2) is 4.87. The lowest BCUT2D eigenvalue weighted by Gasteiger charge is -2.49. The standard InChI is InChI=1S/C16H28O3/c1-10(2)11-6-9-16(4,19-5)12-7-8-15(3,18)14(17)13(11)12/h10-11,14,17-18H,6-9H2,1-5H3/t11-,14-,15-,16-/m1/s1. The smallest absolute Gasteiger partial charge is 0.104 e. The van der Waals surface area contributed by atoms with E-state index in [0.29, 0.717) is 18.3 Å². The van der Waals surface area contributed by atoms with Crippen LogP contribution >= 0.6 is 0 Å². The van der Waals surface area contributed by atoms with Crippen molar-refractivity contribution in [2.45, 2.75) is 70.7 Å². The first kappa shape index (κ1) is 15.0. The second-order valence-corrected chi connectivity index (χ2v) is 7.02. The van der Waals surface area contributed by atoms with E-state index in [4.69, 9.17) is 4.74 Å². The first-order chi connectivity index (χ1) is 8.73. The highest BCUT2D eigenvalue weighted by atomic mass is 16.5. The summed E-state index contributed by atoms with van der Waals surface area (Å²) >= 11 is 0. The zero-order valence-corrected chi connectivity index (χ0v) is 12.9. The first-order valence-corrected chi connectivity index (χ1v) is 7.42. The molecule has 2 rings (SSSR count). The van der Waals surface area contributed by atoms with Gasteiger partial charge in [-0.1, -0.05) is 13.8 Å². The van der Waals surface area contributed by atoms with Gasteiger partial charge in [-0.2, -0.15) is 0 Å². The minimum atomic E-state index is -1.00. The Bertz CT molecular complexity index is 379. The van der Waals surface area contributed by atoms with E-state index in [-0.39, 0.29) is 5.60 Å². The molecule has 0 radical (unpaired) electrons. The molecule has 0 aliphatic heterocycles. The summed E-state index contributed by atoms with van der Waals surface area (Å²) in [5, 5.41) is 21.0. The Balaban J connectivity index is 2.51. The third kappa shape index (κ3) is 2.37. The zero-order chi connectivity index (χ0) is 14.4. The molecule has 0 unspecified atom stereocenters. The Morgan fingerprint density at radius 2 is 1.89 bits per heavy atom. The molecule has 110 valence electrons. The van der Waals surface area contributed by atoms with E-state index in [1.807, 2.05) is 0 Å². The van der Waals surface area contributed by atoms with Crippen LogP contribution in [0.3, 0.4) is 0 Å². The molecule has 19 heavy (non-hydrogen) atoms. The van der Waals surface area contributed by atoms with Crippen LogP contribution in [0.4, 0.5) is 0 Å². The van der Waals surface area contributed by atoms with Gasteiger partial charge < -0.3 is 14.9 Å². The summed E-state index contributed by atoms with van der Waals surface area (Å²) in [4.78, 5) is 0. The quantitative estimate of drug-likeness (QED) is 0.757. The summed E-state index contributed by atoms with van der Waals surface area (Å²) in [6.07, 6.45) is 2.70. The number of methoxy groups -OCH3 is 1. The van der Waals surface area contributed by atoms with Crippen LogP contribution in [0, 0.1) is 11.8 Å². The van der Waals surface area contributed by atoms with Crippen LogP contribution in [0.15, 0.2) is 11.1 Å². The average molecular weight is 268 g/mol. The Morgan fingerprint density at radius 1 is 1.26 bits per heavy atom. The van der Waals surface area contributed by atoms with Gasteiger partial charge in [-0.3, -0.25) is 0 Å². The maximum absolute atomic E-state index is 10.6. The third-order valence-corrected chi connectivity index (χ3v) is 5.34. The van der Waals surface area contributed by atoms with Crippen molar-refractivity contribution in [3.8, 4) is 0 Å². The largest absolute Gasteiger partial charge is 0.387 e. The van der Waals surface area contributed by atoms with Crippen LogP contribution in [0.1, 0.15) is 53.4 Å². The van der Waals surface area contributed by atoms with Gasteiger partial charge in [0, 0.05) is 7.11 Å². The molecular weight excluding hydrogens is 240 g/mol. The summed E-state index contributed by atoms with van der Waals surface area (Å²) < 4.78 is 5.74. The van der Waals surface area contributed by atoms with Crippen LogP contribution < -0.4 is 0 Å². The Hall–Kier alpha value is -0.380. The Morgan fingerprint density at radius 3 is 2.42 bits per heavy atom. The molecule has 2 aliphatic carbocycles. The van der Waals surface area contributed by atoms with Crippen LogP contribution in [-0.2, 0) is 4.74 Å². The fourth-order valence-electron chi connectivity index (χ4n) is 3.81. The molecule has 0 saturated carbocycles. The maximum atomic E-state index is 10.6. The van der Waals surface area contributed by atoms with Gasteiger partial charge in [0.15, 0.2) is 0 Å². The summed E-state index contributed by atoms with van der Waals surface area (Å²) in [5.74, 6) is 0.843. The summed E-state index contributed by atoms with van der Waals surface area (Å²) in [6.45, 7) is 8.25. The number of rotatable bonds is 2. The highest BCUT2D eigenvalue weighted by molar-refractivity contribution is 5.36. The molecule has 0 aromatic heterocycles. The molecule has 0 bridgehead atoms. The highest BCUT2D eigenvalue weighted by Gasteiger charge is 2.48. The number of ether oxygens (including phenoxy) is 1. The van der Waals surface area contributed by atoms with Crippen LogP contribution in [-0.4, -0.2) is 34.6 Å². The van der Waals surface area contributed by atoms with Gasteiger partial charge in [0.1, 0.15) is 6.10 Å². The van der Waals surface area contributed by atoms with E-state index in [2.05, 4.69) is 20.8 Å². The van der Waals surface area contributed by atoms with E-state index in [9.17, 15) is 10.2 Å². The number of hydrogen-bond acceptors (Lipinski definition) is 3. The van der Waals surface area contributed by atoms with Crippen LogP contribution in [0.5, 0.6) is 0 Å². The van der Waals surface area contributed by atoms with Crippen molar-refractivity contribution in [1.29, 1.82) is 0 Å². The van der Waals surface area contributed by atoms with E-state index in [1.165, 1.54) is 5.57 Å². The lowest BCUT2D eigenvalue weighted by atomic mass is 9.62.